The average molecular weight is 242 g/mol. The molecule has 0 aliphatic carbocycles. The van der Waals surface area contributed by atoms with Gasteiger partial charge in [-0.25, -0.2) is 4.98 Å². The number of thioether (sulfide) groups is 1. The highest BCUT2D eigenvalue weighted by molar-refractivity contribution is 8.00. The molecule has 82 valence electrons. The van der Waals surface area contributed by atoms with Gasteiger partial charge in [-0.05, 0) is 13.2 Å². The maximum Gasteiger partial charge on any atom is 0.199 e. The van der Waals surface area contributed by atoms with E-state index in [4.69, 9.17) is 0 Å². The van der Waals surface area contributed by atoms with Crippen LogP contribution >= 0.6 is 23.1 Å². The number of ketones is 1. The molecule has 0 bridgehead atoms. The molecule has 1 heterocycles. The molecule has 0 saturated heterocycles. The summed E-state index contributed by atoms with van der Waals surface area (Å²) in [6, 6.07) is 0. The second-order valence-corrected chi connectivity index (χ2v) is 5.29. The highest BCUT2D eigenvalue weighted by atomic mass is 32.2. The van der Waals surface area contributed by atoms with E-state index in [1.165, 1.54) is 11.3 Å². The normalized spacial score (nSPS) is 10.9. The van der Waals surface area contributed by atoms with Gasteiger partial charge in [-0.1, -0.05) is 11.8 Å². The van der Waals surface area contributed by atoms with Gasteiger partial charge in [0.25, 0.3) is 0 Å². The standard InChI is InChI=1S/C10H14N2OS2/c1-7-9(15-10(11-7)14-4)8(13)5-6-12(2)3/h5-6H,1-4H3/b6-5+. The van der Waals surface area contributed by atoms with Crippen molar-refractivity contribution in [3.63, 3.8) is 0 Å². The molecule has 1 aromatic rings. The first-order chi connectivity index (χ1) is 7.04. The quantitative estimate of drug-likeness (QED) is 0.461. The Kier molecular flexibility index (Phi) is 4.35. The molecular weight excluding hydrogens is 228 g/mol. The number of hydrogen-bond donors (Lipinski definition) is 0. The molecule has 0 aliphatic heterocycles. The fraction of sp³-hybridized carbons (Fsp3) is 0.400. The Bertz CT molecular complexity index is 383. The summed E-state index contributed by atoms with van der Waals surface area (Å²) in [5.74, 6) is 0.0269. The van der Waals surface area contributed by atoms with Crippen LogP contribution in [-0.4, -0.2) is 36.0 Å². The lowest BCUT2D eigenvalue weighted by molar-refractivity contribution is 0.104. The summed E-state index contributed by atoms with van der Waals surface area (Å²) in [7, 11) is 3.77. The molecule has 0 radical (unpaired) electrons. The van der Waals surface area contributed by atoms with Crippen LogP contribution in [0.2, 0.25) is 0 Å². The molecule has 3 nitrogen and oxygen atoms in total. The van der Waals surface area contributed by atoms with Crippen molar-refractivity contribution in [2.75, 3.05) is 20.4 Å². The number of carbonyl (C=O) groups excluding carboxylic acids is 1. The predicted octanol–water partition coefficient (Wildman–Crippen LogP) is 2.43. The number of aryl methyl sites for hydroxylation is 1. The first-order valence-electron chi connectivity index (χ1n) is 4.45. The van der Waals surface area contributed by atoms with Crippen molar-refractivity contribution < 1.29 is 4.79 Å². The van der Waals surface area contributed by atoms with Gasteiger partial charge in [0.05, 0.1) is 10.6 Å². The average Bonchev–Trinajstić information content (AvgIpc) is 2.56. The van der Waals surface area contributed by atoms with E-state index in [1.54, 1.807) is 24.0 Å². The maximum absolute atomic E-state index is 11.7. The molecular formula is C10H14N2OS2. The summed E-state index contributed by atoms with van der Waals surface area (Å²) in [6.07, 6.45) is 5.28. The Labute approximate surface area is 98.2 Å². The molecule has 0 saturated carbocycles. The highest BCUT2D eigenvalue weighted by Crippen LogP contribution is 2.25. The van der Waals surface area contributed by atoms with Crippen LogP contribution in [0.1, 0.15) is 15.4 Å². The SMILES string of the molecule is CSc1nc(C)c(C(=O)/C=C/N(C)C)s1. The number of aromatic nitrogens is 1. The zero-order valence-electron chi connectivity index (χ0n) is 9.27. The minimum Gasteiger partial charge on any atom is -0.383 e. The van der Waals surface area contributed by atoms with E-state index in [0.29, 0.717) is 0 Å². The van der Waals surface area contributed by atoms with Gasteiger partial charge in [0.1, 0.15) is 0 Å². The third-order valence-electron chi connectivity index (χ3n) is 1.70. The van der Waals surface area contributed by atoms with Crippen molar-refractivity contribution >= 4 is 28.9 Å². The summed E-state index contributed by atoms with van der Waals surface area (Å²) in [4.78, 5) is 18.6. The van der Waals surface area contributed by atoms with E-state index in [9.17, 15) is 4.79 Å². The van der Waals surface area contributed by atoms with Crippen molar-refractivity contribution in [1.29, 1.82) is 0 Å². The number of allylic oxidation sites excluding steroid dienone is 1. The first kappa shape index (κ1) is 12.3. The Morgan fingerprint density at radius 2 is 2.20 bits per heavy atom. The van der Waals surface area contributed by atoms with Crippen molar-refractivity contribution in [3.8, 4) is 0 Å². The molecule has 1 rings (SSSR count). The molecule has 0 aliphatic rings. The summed E-state index contributed by atoms with van der Waals surface area (Å²) < 4.78 is 0.939. The monoisotopic (exact) mass is 242 g/mol. The molecule has 0 unspecified atom stereocenters. The number of hydrogen-bond acceptors (Lipinski definition) is 5. The summed E-state index contributed by atoms with van der Waals surface area (Å²) in [6.45, 7) is 1.87. The number of thiazole rings is 1. The third-order valence-corrected chi connectivity index (χ3v) is 3.86. The van der Waals surface area contributed by atoms with E-state index in [0.717, 1.165) is 14.9 Å². The smallest absolute Gasteiger partial charge is 0.199 e. The lowest BCUT2D eigenvalue weighted by Gasteiger charge is -2.01. The van der Waals surface area contributed by atoms with Gasteiger partial charge >= 0.3 is 0 Å². The highest BCUT2D eigenvalue weighted by Gasteiger charge is 2.12. The topological polar surface area (TPSA) is 33.2 Å². The Balaban J connectivity index is 2.86. The first-order valence-corrected chi connectivity index (χ1v) is 6.49. The van der Waals surface area contributed by atoms with Gasteiger partial charge in [-0.3, -0.25) is 4.79 Å². The van der Waals surface area contributed by atoms with Gasteiger partial charge in [0, 0.05) is 26.4 Å². The molecule has 0 N–H and O–H groups in total. The minimum absolute atomic E-state index is 0.0269. The van der Waals surface area contributed by atoms with E-state index < -0.39 is 0 Å². The summed E-state index contributed by atoms with van der Waals surface area (Å²) in [5, 5.41) is 0. The number of rotatable bonds is 4. The van der Waals surface area contributed by atoms with E-state index in [1.807, 2.05) is 32.2 Å². The fourth-order valence-electron chi connectivity index (χ4n) is 0.980. The largest absolute Gasteiger partial charge is 0.383 e. The maximum atomic E-state index is 11.7. The van der Waals surface area contributed by atoms with Crippen LogP contribution in [0.3, 0.4) is 0 Å². The Morgan fingerprint density at radius 3 is 2.67 bits per heavy atom. The van der Waals surface area contributed by atoms with Gasteiger partial charge in [0.2, 0.25) is 0 Å². The number of carbonyl (C=O) groups is 1. The summed E-state index contributed by atoms with van der Waals surface area (Å²) in [5.41, 5.74) is 0.817. The van der Waals surface area contributed by atoms with Crippen LogP contribution in [-0.2, 0) is 0 Å². The Hall–Kier alpha value is -0.810. The second kappa shape index (κ2) is 5.32. The second-order valence-electron chi connectivity index (χ2n) is 3.24. The van der Waals surface area contributed by atoms with Crippen LogP contribution < -0.4 is 0 Å². The lowest BCUT2D eigenvalue weighted by Crippen LogP contribution is -2.02. The molecule has 0 atom stereocenters. The van der Waals surface area contributed by atoms with Crippen molar-refractivity contribution in [2.24, 2.45) is 0 Å². The summed E-state index contributed by atoms with van der Waals surface area (Å²) >= 11 is 3.02. The van der Waals surface area contributed by atoms with Gasteiger partial charge in [-0.2, -0.15) is 0 Å². The van der Waals surface area contributed by atoms with Crippen molar-refractivity contribution in [3.05, 3.63) is 22.8 Å². The molecule has 1 aromatic heterocycles. The molecule has 5 heteroatoms. The predicted molar refractivity (Wildman–Crippen MR) is 65.8 cm³/mol. The van der Waals surface area contributed by atoms with E-state index >= 15 is 0 Å². The molecule has 0 spiro atoms. The van der Waals surface area contributed by atoms with Crippen molar-refractivity contribution in [1.82, 2.24) is 9.88 Å². The zero-order valence-corrected chi connectivity index (χ0v) is 10.9. The zero-order chi connectivity index (χ0) is 11.4. The number of nitrogens with zero attached hydrogens (tertiary/aromatic N) is 2. The van der Waals surface area contributed by atoms with Crippen LogP contribution in [0.25, 0.3) is 0 Å². The van der Waals surface area contributed by atoms with Crippen LogP contribution in [0.15, 0.2) is 16.6 Å². The Morgan fingerprint density at radius 1 is 1.53 bits per heavy atom. The van der Waals surface area contributed by atoms with Gasteiger partial charge in [0.15, 0.2) is 10.1 Å². The van der Waals surface area contributed by atoms with E-state index in [-0.39, 0.29) is 5.78 Å². The van der Waals surface area contributed by atoms with Gasteiger partial charge in [-0.15, -0.1) is 11.3 Å². The van der Waals surface area contributed by atoms with E-state index in [2.05, 4.69) is 4.98 Å². The molecule has 0 fully saturated rings. The van der Waals surface area contributed by atoms with Gasteiger partial charge < -0.3 is 4.90 Å². The van der Waals surface area contributed by atoms with Crippen LogP contribution in [0.5, 0.6) is 0 Å². The molecule has 15 heavy (non-hydrogen) atoms. The molecule has 0 amide bonds. The van der Waals surface area contributed by atoms with Crippen LogP contribution in [0.4, 0.5) is 0 Å². The third kappa shape index (κ3) is 3.35. The van der Waals surface area contributed by atoms with Crippen molar-refractivity contribution in [2.45, 2.75) is 11.3 Å². The molecule has 0 aromatic carbocycles. The fourth-order valence-corrected chi connectivity index (χ4v) is 2.51. The minimum atomic E-state index is 0.0269. The lowest BCUT2D eigenvalue weighted by atomic mass is 10.3. The van der Waals surface area contributed by atoms with Crippen LogP contribution in [0, 0.1) is 6.92 Å².